The van der Waals surface area contributed by atoms with E-state index in [4.69, 9.17) is 0 Å². The topological polar surface area (TPSA) is 54.4 Å². The van der Waals surface area contributed by atoms with Crippen LogP contribution in [0.3, 0.4) is 0 Å². The highest BCUT2D eigenvalue weighted by Crippen LogP contribution is 2.37. The Labute approximate surface area is 86.5 Å². The van der Waals surface area contributed by atoms with E-state index in [2.05, 4.69) is 0 Å². The number of hydrogen-bond donors (Lipinski definition) is 1. The molecule has 0 spiro atoms. The molecule has 0 heterocycles. The minimum Gasteiger partial charge on any atom is -0.385 e. The molecule has 82 valence electrons. The lowest BCUT2D eigenvalue weighted by molar-refractivity contribution is -0.142. The number of Topliss-reactive ketones (excluding diaryl/α,β-unsaturated/α-hetero) is 1. The summed E-state index contributed by atoms with van der Waals surface area (Å²) in [5.41, 5.74) is -1.01. The van der Waals surface area contributed by atoms with Gasteiger partial charge in [0, 0.05) is 0 Å². The van der Waals surface area contributed by atoms with Crippen LogP contribution in [0.4, 0.5) is 0 Å². The standard InChI is InChI=1S/C10H20O3Si/c1-8(12)10(13,14(4,5)6)9(2,3)7-11/h7,13H,1-6H3/t10-/m1/s1. The van der Waals surface area contributed by atoms with Crippen molar-refractivity contribution in [2.75, 3.05) is 0 Å². The van der Waals surface area contributed by atoms with Crippen molar-refractivity contribution in [1.29, 1.82) is 0 Å². The normalized spacial score (nSPS) is 17.4. The van der Waals surface area contributed by atoms with Crippen LogP contribution in [0.1, 0.15) is 20.8 Å². The van der Waals surface area contributed by atoms with Crippen LogP contribution in [0.2, 0.25) is 19.6 Å². The second-order valence-electron chi connectivity index (χ2n) is 5.36. The highest BCUT2D eigenvalue weighted by molar-refractivity contribution is 6.82. The number of aliphatic hydroxyl groups is 1. The zero-order valence-corrected chi connectivity index (χ0v) is 10.8. The molecule has 0 saturated heterocycles. The molecule has 1 atom stereocenters. The summed E-state index contributed by atoms with van der Waals surface area (Å²) in [4.78, 5) is 22.5. The summed E-state index contributed by atoms with van der Waals surface area (Å²) in [5.74, 6) is -0.311. The Morgan fingerprint density at radius 2 is 1.64 bits per heavy atom. The first kappa shape index (κ1) is 13.5. The van der Waals surface area contributed by atoms with Gasteiger partial charge in [-0.05, 0) is 6.92 Å². The molecule has 0 saturated carbocycles. The highest BCUT2D eigenvalue weighted by Gasteiger charge is 2.56. The van der Waals surface area contributed by atoms with E-state index in [1.54, 1.807) is 13.8 Å². The lowest BCUT2D eigenvalue weighted by Crippen LogP contribution is -2.66. The van der Waals surface area contributed by atoms with Crippen LogP contribution < -0.4 is 0 Å². The van der Waals surface area contributed by atoms with Gasteiger partial charge in [0.25, 0.3) is 0 Å². The van der Waals surface area contributed by atoms with Crippen LogP contribution >= 0.6 is 0 Å². The van der Waals surface area contributed by atoms with Crippen LogP contribution in [0.25, 0.3) is 0 Å². The molecule has 0 radical (unpaired) electrons. The largest absolute Gasteiger partial charge is 0.385 e. The van der Waals surface area contributed by atoms with E-state index in [1.165, 1.54) is 6.92 Å². The van der Waals surface area contributed by atoms with Gasteiger partial charge in [0.05, 0.1) is 13.5 Å². The average molecular weight is 216 g/mol. The summed E-state index contributed by atoms with van der Waals surface area (Å²) >= 11 is 0. The Bertz CT molecular complexity index is 253. The minimum absolute atomic E-state index is 0.311. The molecule has 0 bridgehead atoms. The van der Waals surface area contributed by atoms with Gasteiger partial charge in [0.1, 0.15) is 11.5 Å². The van der Waals surface area contributed by atoms with Crippen molar-refractivity contribution in [2.24, 2.45) is 5.41 Å². The second-order valence-corrected chi connectivity index (χ2v) is 10.6. The zero-order chi connectivity index (χ0) is 11.8. The van der Waals surface area contributed by atoms with Crippen molar-refractivity contribution >= 4 is 20.1 Å². The van der Waals surface area contributed by atoms with Crippen LogP contribution in [0.15, 0.2) is 0 Å². The third kappa shape index (κ3) is 1.81. The third-order valence-corrected chi connectivity index (χ3v) is 5.99. The van der Waals surface area contributed by atoms with E-state index in [9.17, 15) is 14.7 Å². The number of aldehydes is 1. The molecule has 0 aromatic rings. The Morgan fingerprint density at radius 3 is 1.71 bits per heavy atom. The lowest BCUT2D eigenvalue weighted by atomic mass is 9.85. The van der Waals surface area contributed by atoms with Gasteiger partial charge in [-0.2, -0.15) is 0 Å². The predicted molar refractivity (Wildman–Crippen MR) is 58.8 cm³/mol. The Kier molecular flexibility index (Phi) is 3.46. The van der Waals surface area contributed by atoms with Crippen molar-refractivity contribution in [2.45, 2.75) is 45.6 Å². The van der Waals surface area contributed by atoms with Gasteiger partial charge < -0.3 is 9.90 Å². The zero-order valence-electron chi connectivity index (χ0n) is 9.84. The highest BCUT2D eigenvalue weighted by atomic mass is 28.3. The molecule has 0 rings (SSSR count). The average Bonchev–Trinajstić information content (AvgIpc) is 2.00. The predicted octanol–water partition coefficient (Wildman–Crippen LogP) is 1.41. The van der Waals surface area contributed by atoms with Gasteiger partial charge in [-0.3, -0.25) is 4.79 Å². The molecular weight excluding hydrogens is 196 g/mol. The third-order valence-electron chi connectivity index (χ3n) is 2.82. The first-order chi connectivity index (χ1) is 6.00. The van der Waals surface area contributed by atoms with Gasteiger partial charge in [-0.1, -0.05) is 33.5 Å². The minimum atomic E-state index is -2.16. The summed E-state index contributed by atoms with van der Waals surface area (Å²) in [6.45, 7) is 10.2. The van der Waals surface area contributed by atoms with E-state index in [-0.39, 0.29) is 5.78 Å². The molecule has 0 unspecified atom stereocenters. The van der Waals surface area contributed by atoms with Crippen molar-refractivity contribution in [3.05, 3.63) is 0 Å². The van der Waals surface area contributed by atoms with Gasteiger partial charge >= 0.3 is 0 Å². The Morgan fingerprint density at radius 1 is 1.29 bits per heavy atom. The molecule has 4 heteroatoms. The lowest BCUT2D eigenvalue weighted by Gasteiger charge is -2.45. The van der Waals surface area contributed by atoms with Gasteiger partial charge in [-0.15, -0.1) is 0 Å². The molecule has 0 aliphatic carbocycles. The molecule has 0 aromatic carbocycles. The van der Waals surface area contributed by atoms with Gasteiger partial charge in [-0.25, -0.2) is 0 Å². The fourth-order valence-corrected chi connectivity index (χ4v) is 5.08. The quantitative estimate of drug-likeness (QED) is 0.571. The first-order valence-corrected chi connectivity index (χ1v) is 8.20. The summed E-state index contributed by atoms with van der Waals surface area (Å²) in [6, 6.07) is 0. The van der Waals surface area contributed by atoms with Gasteiger partial charge in [0.15, 0.2) is 5.78 Å². The van der Waals surface area contributed by atoms with Crippen LogP contribution in [-0.2, 0) is 9.59 Å². The fraction of sp³-hybridized carbons (Fsp3) is 0.800. The number of rotatable bonds is 4. The molecule has 14 heavy (non-hydrogen) atoms. The summed E-state index contributed by atoms with van der Waals surface area (Å²) in [7, 11) is -2.16. The van der Waals surface area contributed by atoms with E-state index in [1.807, 2.05) is 19.6 Å². The molecule has 0 aliphatic rings. The SMILES string of the molecule is CC(=O)[C@](O)(C(C)(C)C=O)[Si](C)(C)C. The van der Waals surface area contributed by atoms with Crippen LogP contribution in [0.5, 0.6) is 0 Å². The molecule has 0 aromatic heterocycles. The van der Waals surface area contributed by atoms with Crippen molar-refractivity contribution < 1.29 is 14.7 Å². The molecule has 1 N–H and O–H groups in total. The summed E-state index contributed by atoms with van der Waals surface area (Å²) < 4.78 is 0. The number of carbonyl (C=O) groups is 2. The molecular formula is C10H20O3Si. The molecule has 0 aliphatic heterocycles. The summed E-state index contributed by atoms with van der Waals surface area (Å²) in [6.07, 6.45) is 0.673. The maximum atomic E-state index is 11.5. The van der Waals surface area contributed by atoms with Crippen molar-refractivity contribution in [1.82, 2.24) is 0 Å². The fourth-order valence-electron chi connectivity index (χ4n) is 2.03. The Balaban J connectivity index is 5.56. The maximum absolute atomic E-state index is 11.5. The summed E-state index contributed by atoms with van der Waals surface area (Å²) in [5, 5.41) is 8.95. The van der Waals surface area contributed by atoms with Crippen LogP contribution in [-0.4, -0.2) is 30.5 Å². The smallest absolute Gasteiger partial charge is 0.158 e. The maximum Gasteiger partial charge on any atom is 0.158 e. The second kappa shape index (κ2) is 3.59. The number of hydrogen-bond acceptors (Lipinski definition) is 3. The van der Waals surface area contributed by atoms with Gasteiger partial charge in [0.2, 0.25) is 0 Å². The van der Waals surface area contributed by atoms with Crippen molar-refractivity contribution in [3.8, 4) is 0 Å². The molecule has 0 fully saturated rings. The molecule has 3 nitrogen and oxygen atoms in total. The van der Waals surface area contributed by atoms with E-state index in [0.717, 1.165) is 0 Å². The number of carbonyl (C=O) groups excluding carboxylic acids is 2. The monoisotopic (exact) mass is 216 g/mol. The Hall–Kier alpha value is -0.483. The van der Waals surface area contributed by atoms with E-state index < -0.39 is 18.7 Å². The van der Waals surface area contributed by atoms with Crippen molar-refractivity contribution in [3.63, 3.8) is 0 Å². The van der Waals surface area contributed by atoms with E-state index in [0.29, 0.717) is 6.29 Å². The molecule has 0 amide bonds. The first-order valence-electron chi connectivity index (χ1n) is 4.70. The van der Waals surface area contributed by atoms with Crippen LogP contribution in [0, 0.1) is 5.41 Å². The number of ketones is 1. The van der Waals surface area contributed by atoms with E-state index >= 15 is 0 Å².